The molecule has 0 amide bonds. The molecule has 1 aromatic rings. The van der Waals surface area contributed by atoms with Gasteiger partial charge in [-0.2, -0.15) is 0 Å². The van der Waals surface area contributed by atoms with Crippen molar-refractivity contribution in [2.45, 2.75) is 13.3 Å². The Kier molecular flexibility index (Phi) is 6.98. The quantitative estimate of drug-likeness (QED) is 0.495. The maximum Gasteiger partial charge on any atom is 0.192 e. The van der Waals surface area contributed by atoms with Gasteiger partial charge in [-0.15, -0.1) is 6.42 Å². The van der Waals surface area contributed by atoms with Crippen LogP contribution in [0.4, 0.5) is 4.39 Å². The summed E-state index contributed by atoms with van der Waals surface area (Å²) < 4.78 is 13.6. The summed E-state index contributed by atoms with van der Waals surface area (Å²) in [5, 5.41) is 6.11. The minimum absolute atomic E-state index is 0.253. The van der Waals surface area contributed by atoms with Gasteiger partial charge >= 0.3 is 0 Å². The van der Waals surface area contributed by atoms with Crippen LogP contribution in [-0.2, 0) is 6.42 Å². The second kappa shape index (κ2) is 8.54. The van der Waals surface area contributed by atoms with E-state index in [2.05, 4.69) is 37.5 Å². The van der Waals surface area contributed by atoms with Crippen molar-refractivity contribution in [2.24, 2.45) is 4.99 Å². The van der Waals surface area contributed by atoms with Crippen LogP contribution in [-0.4, -0.2) is 25.6 Å². The smallest absolute Gasteiger partial charge is 0.192 e. The minimum atomic E-state index is -0.253. The first-order valence-electron chi connectivity index (χ1n) is 6.07. The van der Waals surface area contributed by atoms with Crippen LogP contribution >= 0.6 is 15.9 Å². The van der Waals surface area contributed by atoms with E-state index in [1.807, 2.05) is 6.92 Å². The standard InChI is InChI=1S/C14H17BrFN3/c1-3-8-18-14(17-4-2)19-9-7-11-5-6-13(16)12(15)10-11/h1,5-6,10H,4,7-9H2,2H3,(H2,17,18,19). The molecule has 102 valence electrons. The Bertz CT molecular complexity index is 480. The summed E-state index contributed by atoms with van der Waals surface area (Å²) in [4.78, 5) is 4.39. The van der Waals surface area contributed by atoms with E-state index in [0.29, 0.717) is 23.5 Å². The average molecular weight is 326 g/mol. The number of guanidine groups is 1. The molecule has 0 radical (unpaired) electrons. The third-order valence-electron chi connectivity index (χ3n) is 2.36. The van der Waals surface area contributed by atoms with Crippen LogP contribution < -0.4 is 10.6 Å². The summed E-state index contributed by atoms with van der Waals surface area (Å²) in [6.45, 7) is 3.81. The molecule has 0 fully saturated rings. The van der Waals surface area contributed by atoms with Gasteiger partial charge < -0.3 is 10.6 Å². The van der Waals surface area contributed by atoms with Crippen molar-refractivity contribution in [3.05, 3.63) is 34.1 Å². The minimum Gasteiger partial charge on any atom is -0.357 e. The fourth-order valence-corrected chi connectivity index (χ4v) is 1.89. The highest BCUT2D eigenvalue weighted by atomic mass is 79.9. The van der Waals surface area contributed by atoms with Crippen LogP contribution in [0.3, 0.4) is 0 Å². The van der Waals surface area contributed by atoms with Crippen molar-refractivity contribution in [1.29, 1.82) is 0 Å². The van der Waals surface area contributed by atoms with Crippen LogP contribution in [0.5, 0.6) is 0 Å². The van der Waals surface area contributed by atoms with Crippen LogP contribution in [0.25, 0.3) is 0 Å². The number of nitrogens with one attached hydrogen (secondary N) is 2. The van der Waals surface area contributed by atoms with Gasteiger partial charge in [-0.1, -0.05) is 12.0 Å². The number of halogens is 2. The Morgan fingerprint density at radius 1 is 1.47 bits per heavy atom. The molecule has 0 spiro atoms. The predicted octanol–water partition coefficient (Wildman–Crippen LogP) is 2.32. The maximum absolute atomic E-state index is 13.1. The number of rotatable bonds is 5. The third kappa shape index (κ3) is 5.75. The molecule has 0 aliphatic carbocycles. The van der Waals surface area contributed by atoms with E-state index in [1.165, 1.54) is 6.07 Å². The van der Waals surface area contributed by atoms with Crippen LogP contribution in [0.1, 0.15) is 12.5 Å². The number of nitrogens with zero attached hydrogens (tertiary/aromatic N) is 1. The van der Waals surface area contributed by atoms with Gasteiger partial charge in [-0.3, -0.25) is 4.99 Å². The molecule has 0 aliphatic rings. The number of hydrogen-bond acceptors (Lipinski definition) is 1. The first kappa shape index (κ1) is 15.5. The van der Waals surface area contributed by atoms with E-state index in [1.54, 1.807) is 12.1 Å². The first-order chi connectivity index (χ1) is 9.17. The Labute approximate surface area is 121 Å². The van der Waals surface area contributed by atoms with E-state index < -0.39 is 0 Å². The molecule has 5 heteroatoms. The van der Waals surface area contributed by atoms with Crippen LogP contribution in [0.15, 0.2) is 27.7 Å². The van der Waals surface area contributed by atoms with Gasteiger partial charge in [0.15, 0.2) is 5.96 Å². The number of benzene rings is 1. The Morgan fingerprint density at radius 2 is 2.26 bits per heavy atom. The molecule has 0 bridgehead atoms. The zero-order valence-electron chi connectivity index (χ0n) is 10.8. The van der Waals surface area contributed by atoms with Crippen LogP contribution in [0.2, 0.25) is 0 Å². The summed E-state index contributed by atoms with van der Waals surface area (Å²) in [5.74, 6) is 2.94. The lowest BCUT2D eigenvalue weighted by Gasteiger charge is -2.08. The summed E-state index contributed by atoms with van der Waals surface area (Å²) in [6.07, 6.45) is 5.93. The Hall–Kier alpha value is -1.54. The summed E-state index contributed by atoms with van der Waals surface area (Å²) in [6, 6.07) is 4.98. The van der Waals surface area contributed by atoms with Gasteiger partial charge in [0.1, 0.15) is 5.82 Å². The molecule has 0 aromatic heterocycles. The molecule has 1 rings (SSSR count). The Morgan fingerprint density at radius 3 is 2.89 bits per heavy atom. The molecule has 0 saturated carbocycles. The van der Waals surface area contributed by atoms with Gasteiger partial charge in [0, 0.05) is 13.1 Å². The van der Waals surface area contributed by atoms with Gasteiger partial charge in [0.05, 0.1) is 11.0 Å². The lowest BCUT2D eigenvalue weighted by Crippen LogP contribution is -2.37. The van der Waals surface area contributed by atoms with Gasteiger partial charge in [0.25, 0.3) is 0 Å². The van der Waals surface area contributed by atoms with Crippen molar-refractivity contribution in [2.75, 3.05) is 19.6 Å². The van der Waals surface area contributed by atoms with Gasteiger partial charge in [-0.05, 0) is 47.0 Å². The monoisotopic (exact) mass is 325 g/mol. The van der Waals surface area contributed by atoms with Crippen LogP contribution in [0, 0.1) is 18.2 Å². The lowest BCUT2D eigenvalue weighted by atomic mass is 10.1. The number of aliphatic imine (C=N–C) groups is 1. The van der Waals surface area contributed by atoms with Crippen molar-refractivity contribution in [1.82, 2.24) is 10.6 Å². The van der Waals surface area contributed by atoms with E-state index in [4.69, 9.17) is 6.42 Å². The van der Waals surface area contributed by atoms with Crippen molar-refractivity contribution < 1.29 is 4.39 Å². The lowest BCUT2D eigenvalue weighted by molar-refractivity contribution is 0.620. The van der Waals surface area contributed by atoms with Crippen molar-refractivity contribution in [3.63, 3.8) is 0 Å². The molecule has 0 aliphatic heterocycles. The molecular weight excluding hydrogens is 309 g/mol. The molecule has 0 saturated heterocycles. The fraction of sp³-hybridized carbons (Fsp3) is 0.357. The number of hydrogen-bond donors (Lipinski definition) is 2. The normalized spacial score (nSPS) is 10.9. The molecular formula is C14H17BrFN3. The van der Waals surface area contributed by atoms with E-state index >= 15 is 0 Å². The molecule has 19 heavy (non-hydrogen) atoms. The van der Waals surface area contributed by atoms with Gasteiger partial charge in [-0.25, -0.2) is 4.39 Å². The Balaban J connectivity index is 2.53. The first-order valence-corrected chi connectivity index (χ1v) is 6.86. The highest BCUT2D eigenvalue weighted by Crippen LogP contribution is 2.17. The number of terminal acetylenes is 1. The third-order valence-corrected chi connectivity index (χ3v) is 2.96. The second-order valence-corrected chi connectivity index (χ2v) is 4.67. The van der Waals surface area contributed by atoms with E-state index in [-0.39, 0.29) is 5.82 Å². The summed E-state index contributed by atoms with van der Waals surface area (Å²) in [7, 11) is 0. The van der Waals surface area contributed by atoms with E-state index in [9.17, 15) is 4.39 Å². The average Bonchev–Trinajstić information content (AvgIpc) is 2.40. The topological polar surface area (TPSA) is 36.4 Å². The van der Waals surface area contributed by atoms with Gasteiger partial charge in [0.2, 0.25) is 0 Å². The zero-order valence-corrected chi connectivity index (χ0v) is 12.4. The van der Waals surface area contributed by atoms with Crippen molar-refractivity contribution in [3.8, 4) is 12.3 Å². The zero-order chi connectivity index (χ0) is 14.1. The molecule has 3 nitrogen and oxygen atoms in total. The summed E-state index contributed by atoms with van der Waals surface area (Å²) >= 11 is 3.17. The van der Waals surface area contributed by atoms with Crippen molar-refractivity contribution >= 4 is 21.9 Å². The molecule has 0 atom stereocenters. The maximum atomic E-state index is 13.1. The molecule has 2 N–H and O–H groups in total. The highest BCUT2D eigenvalue weighted by molar-refractivity contribution is 9.10. The predicted molar refractivity (Wildman–Crippen MR) is 80.6 cm³/mol. The van der Waals surface area contributed by atoms with E-state index in [0.717, 1.165) is 18.5 Å². The molecule has 0 heterocycles. The largest absolute Gasteiger partial charge is 0.357 e. The molecule has 0 unspecified atom stereocenters. The SMILES string of the molecule is C#CCNC(=NCCc1ccc(F)c(Br)c1)NCC. The fourth-order valence-electron chi connectivity index (χ4n) is 1.47. The second-order valence-electron chi connectivity index (χ2n) is 3.82. The molecule has 1 aromatic carbocycles. The summed E-state index contributed by atoms with van der Waals surface area (Å²) in [5.41, 5.74) is 1.03. The highest BCUT2D eigenvalue weighted by Gasteiger charge is 2.00.